The van der Waals surface area contributed by atoms with E-state index in [1.54, 1.807) is 0 Å². The van der Waals surface area contributed by atoms with Gasteiger partial charge in [0.1, 0.15) is 0 Å². The summed E-state index contributed by atoms with van der Waals surface area (Å²) in [7, 11) is 0. The summed E-state index contributed by atoms with van der Waals surface area (Å²) in [4.78, 5) is 17.9. The Kier molecular flexibility index (Phi) is 22.5. The zero-order chi connectivity index (χ0) is 9.98. The smallest absolute Gasteiger partial charge is 0.543 e. The monoisotopic (exact) mass is 501 g/mol. The van der Waals surface area contributed by atoms with Crippen molar-refractivity contribution < 1.29 is 40.9 Å². The molecule has 0 aromatic rings. The summed E-state index contributed by atoms with van der Waals surface area (Å²) in [5.74, 6) is 0.238. The third kappa shape index (κ3) is 24.5. The van der Waals surface area contributed by atoms with Crippen molar-refractivity contribution >= 4 is 41.9 Å². The molecule has 0 heterocycles. The molecule has 0 rings (SSSR count). The van der Waals surface area contributed by atoms with Gasteiger partial charge in [-0.3, -0.25) is 0 Å². The SMILES string of the molecule is C[Se]CC[Se]C.O=C([O-])C(=O)[O-].[Pt+2]. The summed E-state index contributed by atoms with van der Waals surface area (Å²) >= 11 is 1.88. The van der Waals surface area contributed by atoms with E-state index >= 15 is 0 Å². The summed E-state index contributed by atoms with van der Waals surface area (Å²) in [5.41, 5.74) is 0. The molecule has 7 heteroatoms. The first-order valence-electron chi connectivity index (χ1n) is 2.96. The summed E-state index contributed by atoms with van der Waals surface area (Å²) in [5, 5.41) is 20.9. The van der Waals surface area contributed by atoms with Crippen LogP contribution in [0.3, 0.4) is 0 Å². The predicted molar refractivity (Wildman–Crippen MR) is 42.9 cm³/mol. The second-order valence-electron chi connectivity index (χ2n) is 1.56. The molecule has 4 nitrogen and oxygen atoms in total. The number of rotatable bonds is 3. The van der Waals surface area contributed by atoms with E-state index in [-0.39, 0.29) is 21.1 Å². The largest absolute Gasteiger partial charge is 2.00 e. The Balaban J connectivity index is -0.000000143. The predicted octanol–water partition coefficient (Wildman–Crippen LogP) is -2.19. The van der Waals surface area contributed by atoms with Gasteiger partial charge < -0.3 is 19.8 Å². The Labute approximate surface area is 104 Å². The number of carbonyl (C=O) groups is 2. The van der Waals surface area contributed by atoms with Crippen LogP contribution >= 0.6 is 0 Å². The zero-order valence-corrected chi connectivity index (χ0v) is 12.9. The molecule has 0 aromatic carbocycles. The molecule has 0 aliphatic rings. The molecule has 13 heavy (non-hydrogen) atoms. The maximum absolute atomic E-state index is 8.93. The minimum atomic E-state index is -2.19. The van der Waals surface area contributed by atoms with E-state index in [1.807, 2.05) is 0 Å². The second-order valence-corrected chi connectivity index (χ2v) is 5.70. The Morgan fingerprint density at radius 1 is 1.00 bits per heavy atom. The average Bonchev–Trinajstić information content (AvgIpc) is 2.02. The molecule has 0 unspecified atom stereocenters. The average molecular weight is 499 g/mol. The Hall–Kier alpha value is 0.667. The molecule has 0 atom stereocenters. The fourth-order valence-electron chi connectivity index (χ4n) is 0.167. The molecule has 80 valence electrons. The van der Waals surface area contributed by atoms with Gasteiger partial charge in [0, 0.05) is 0 Å². The zero-order valence-electron chi connectivity index (χ0n) is 7.18. The molecular formula is C6H10O4PtSe2. The summed E-state index contributed by atoms with van der Waals surface area (Å²) in [6.07, 6.45) is 0. The summed E-state index contributed by atoms with van der Waals surface area (Å²) in [6.45, 7) is 0. The number of carbonyl (C=O) groups excluding carboxylic acids is 2. The van der Waals surface area contributed by atoms with E-state index in [1.165, 1.54) is 10.6 Å². The van der Waals surface area contributed by atoms with Crippen molar-refractivity contribution in [2.45, 2.75) is 22.3 Å². The second kappa shape index (κ2) is 15.2. The summed E-state index contributed by atoms with van der Waals surface area (Å²) < 4.78 is 0. The van der Waals surface area contributed by atoms with E-state index in [0.29, 0.717) is 0 Å². The Morgan fingerprint density at radius 2 is 1.23 bits per heavy atom. The number of aliphatic carboxylic acids is 2. The molecule has 0 aliphatic carbocycles. The van der Waals surface area contributed by atoms with Gasteiger partial charge in [0.2, 0.25) is 0 Å². The van der Waals surface area contributed by atoms with Gasteiger partial charge in [0.25, 0.3) is 0 Å². The van der Waals surface area contributed by atoms with Crippen LogP contribution in [-0.2, 0) is 30.7 Å². The fraction of sp³-hybridized carbons (Fsp3) is 0.667. The number of hydrogen-bond donors (Lipinski definition) is 0. The van der Waals surface area contributed by atoms with Crippen LogP contribution in [0, 0.1) is 0 Å². The maximum Gasteiger partial charge on any atom is 2.00 e. The van der Waals surface area contributed by atoms with Crippen molar-refractivity contribution in [2.24, 2.45) is 0 Å². The topological polar surface area (TPSA) is 80.3 Å². The van der Waals surface area contributed by atoms with Crippen LogP contribution in [0.25, 0.3) is 0 Å². The summed E-state index contributed by atoms with van der Waals surface area (Å²) in [6, 6.07) is 0. The van der Waals surface area contributed by atoms with Gasteiger partial charge in [-0.05, 0) is 0 Å². The molecule has 0 aromatic heterocycles. The van der Waals surface area contributed by atoms with Crippen LogP contribution in [0.5, 0.6) is 0 Å². The van der Waals surface area contributed by atoms with E-state index in [4.69, 9.17) is 19.8 Å². The van der Waals surface area contributed by atoms with Gasteiger partial charge in [-0.2, -0.15) is 0 Å². The maximum atomic E-state index is 8.93. The standard InChI is InChI=1S/C4H10Se2.C2H2O4.Pt/c1-5-3-4-6-2;3-1(4)2(5)6;/h3-4H2,1-2H3;(H,3,4)(H,5,6);/q;;+2/p-2. The van der Waals surface area contributed by atoms with Crippen LogP contribution < -0.4 is 10.2 Å². The Morgan fingerprint density at radius 3 is 1.31 bits per heavy atom. The first kappa shape index (κ1) is 19.3. The molecule has 0 spiro atoms. The van der Waals surface area contributed by atoms with Gasteiger partial charge >= 0.3 is 73.3 Å². The quantitative estimate of drug-likeness (QED) is 0.251. The molecule has 0 aliphatic heterocycles. The minimum absolute atomic E-state index is 0. The normalized spacial score (nSPS) is 7.54. The van der Waals surface area contributed by atoms with Gasteiger partial charge in [0.05, 0.1) is 11.9 Å². The third-order valence-electron chi connectivity index (χ3n) is 0.658. The van der Waals surface area contributed by atoms with Crippen LogP contribution in [0.2, 0.25) is 22.3 Å². The van der Waals surface area contributed by atoms with Crippen molar-refractivity contribution in [3.05, 3.63) is 0 Å². The molecule has 0 N–H and O–H groups in total. The number of hydrogen-bond acceptors (Lipinski definition) is 4. The molecule has 0 fully saturated rings. The van der Waals surface area contributed by atoms with Gasteiger partial charge in [-0.15, -0.1) is 0 Å². The molecular weight excluding hydrogens is 489 g/mol. The van der Waals surface area contributed by atoms with Gasteiger partial charge in [-0.1, -0.05) is 0 Å². The van der Waals surface area contributed by atoms with E-state index < -0.39 is 11.9 Å². The molecule has 0 saturated heterocycles. The van der Waals surface area contributed by atoms with E-state index in [2.05, 4.69) is 11.6 Å². The van der Waals surface area contributed by atoms with Crippen molar-refractivity contribution in [1.82, 2.24) is 0 Å². The Bertz CT molecular complexity index is 127. The van der Waals surface area contributed by atoms with Gasteiger partial charge in [0.15, 0.2) is 0 Å². The molecule has 0 saturated carbocycles. The van der Waals surface area contributed by atoms with Crippen LogP contribution in [0.15, 0.2) is 0 Å². The van der Waals surface area contributed by atoms with Crippen molar-refractivity contribution in [3.8, 4) is 0 Å². The van der Waals surface area contributed by atoms with E-state index in [9.17, 15) is 0 Å². The van der Waals surface area contributed by atoms with Gasteiger partial charge in [-0.25, -0.2) is 0 Å². The van der Waals surface area contributed by atoms with Crippen molar-refractivity contribution in [1.29, 1.82) is 0 Å². The third-order valence-corrected chi connectivity index (χ3v) is 4.54. The minimum Gasteiger partial charge on any atom is -0.543 e. The van der Waals surface area contributed by atoms with Crippen molar-refractivity contribution in [2.75, 3.05) is 0 Å². The van der Waals surface area contributed by atoms with Crippen LogP contribution in [0.4, 0.5) is 0 Å². The van der Waals surface area contributed by atoms with Crippen LogP contribution in [0.1, 0.15) is 0 Å². The van der Waals surface area contributed by atoms with Crippen molar-refractivity contribution in [3.63, 3.8) is 0 Å². The molecule has 0 bridgehead atoms. The van der Waals surface area contributed by atoms with Crippen LogP contribution in [-0.4, -0.2) is 41.9 Å². The fourth-order valence-corrected chi connectivity index (χ4v) is 4.50. The first-order valence-corrected chi connectivity index (χ1v) is 8.81. The number of carboxylic acid groups (broad SMARTS) is 2. The number of carboxylic acids is 2. The molecule has 0 amide bonds. The van der Waals surface area contributed by atoms with E-state index in [0.717, 1.165) is 29.9 Å². The first-order chi connectivity index (χ1) is 5.56. The molecule has 0 radical (unpaired) electrons.